The van der Waals surface area contributed by atoms with Crippen molar-refractivity contribution in [2.75, 3.05) is 0 Å². The van der Waals surface area contributed by atoms with Crippen LogP contribution in [0.3, 0.4) is 0 Å². The number of hydrogen-bond donors (Lipinski definition) is 1. The molecule has 3 rings (SSSR count). The molecule has 0 bridgehead atoms. The van der Waals surface area contributed by atoms with E-state index in [2.05, 4.69) is 12.2 Å². The van der Waals surface area contributed by atoms with E-state index in [1.165, 1.54) is 18.9 Å². The zero-order valence-electron chi connectivity index (χ0n) is 10.5. The summed E-state index contributed by atoms with van der Waals surface area (Å²) >= 11 is 0. The first-order chi connectivity index (χ1) is 8.66. The lowest BCUT2D eigenvalue weighted by Gasteiger charge is -2.12. The second-order valence-electron chi connectivity index (χ2n) is 5.60. The zero-order valence-corrected chi connectivity index (χ0v) is 10.5. The van der Waals surface area contributed by atoms with Gasteiger partial charge in [0, 0.05) is 12.0 Å². The standard InChI is InChI=1S/C15H18FNO/c1-9(10-6-7-10)17-15(18)13-8-12(13)11-4-2-3-5-14(11)16/h2-5,9-10,12-13H,6-8H2,1H3,(H,17,18). The normalized spacial score (nSPS) is 27.7. The number of halogens is 1. The molecule has 1 aromatic rings. The smallest absolute Gasteiger partial charge is 0.223 e. The number of carbonyl (C=O) groups is 1. The summed E-state index contributed by atoms with van der Waals surface area (Å²) < 4.78 is 13.6. The van der Waals surface area contributed by atoms with E-state index >= 15 is 0 Å². The topological polar surface area (TPSA) is 29.1 Å². The molecule has 0 aromatic heterocycles. The molecule has 1 amide bonds. The number of rotatable bonds is 4. The summed E-state index contributed by atoms with van der Waals surface area (Å²) in [4.78, 5) is 12.0. The van der Waals surface area contributed by atoms with Crippen molar-refractivity contribution in [3.63, 3.8) is 0 Å². The third-order valence-electron chi connectivity index (χ3n) is 4.13. The molecule has 3 unspecified atom stereocenters. The quantitative estimate of drug-likeness (QED) is 0.871. The van der Waals surface area contributed by atoms with Crippen LogP contribution in [0.15, 0.2) is 24.3 Å². The van der Waals surface area contributed by atoms with Crippen LogP contribution in [0.1, 0.15) is 37.7 Å². The third-order valence-corrected chi connectivity index (χ3v) is 4.13. The van der Waals surface area contributed by atoms with Crippen LogP contribution in [-0.4, -0.2) is 11.9 Å². The van der Waals surface area contributed by atoms with Crippen LogP contribution in [0.25, 0.3) is 0 Å². The molecule has 0 heterocycles. The Bertz CT molecular complexity index is 469. The maximum Gasteiger partial charge on any atom is 0.223 e. The number of amides is 1. The molecule has 3 heteroatoms. The van der Waals surface area contributed by atoms with E-state index in [1.54, 1.807) is 12.1 Å². The lowest BCUT2D eigenvalue weighted by molar-refractivity contribution is -0.123. The largest absolute Gasteiger partial charge is 0.353 e. The highest BCUT2D eigenvalue weighted by Gasteiger charge is 2.45. The lowest BCUT2D eigenvalue weighted by Crippen LogP contribution is -2.35. The Labute approximate surface area is 107 Å². The molecule has 0 saturated heterocycles. The van der Waals surface area contributed by atoms with E-state index in [4.69, 9.17) is 0 Å². The Balaban J connectivity index is 1.60. The number of nitrogens with one attached hydrogen (secondary N) is 1. The third kappa shape index (κ3) is 2.26. The van der Waals surface area contributed by atoms with Gasteiger partial charge in [-0.2, -0.15) is 0 Å². The number of benzene rings is 1. The first kappa shape index (κ1) is 11.7. The number of carbonyl (C=O) groups excluding carboxylic acids is 1. The monoisotopic (exact) mass is 247 g/mol. The highest BCUT2D eigenvalue weighted by Crippen LogP contribution is 2.48. The van der Waals surface area contributed by atoms with E-state index in [-0.39, 0.29) is 29.6 Å². The van der Waals surface area contributed by atoms with Gasteiger partial charge in [0.15, 0.2) is 0 Å². The van der Waals surface area contributed by atoms with Crippen molar-refractivity contribution in [2.45, 2.75) is 38.1 Å². The number of hydrogen-bond acceptors (Lipinski definition) is 1. The van der Waals surface area contributed by atoms with Gasteiger partial charge in [0.05, 0.1) is 0 Å². The second-order valence-corrected chi connectivity index (χ2v) is 5.60. The molecule has 0 spiro atoms. The van der Waals surface area contributed by atoms with Crippen LogP contribution in [0.5, 0.6) is 0 Å². The molecule has 2 aliphatic carbocycles. The van der Waals surface area contributed by atoms with Crippen LogP contribution in [0.2, 0.25) is 0 Å². The van der Waals surface area contributed by atoms with Crippen LogP contribution in [-0.2, 0) is 4.79 Å². The Hall–Kier alpha value is -1.38. The highest BCUT2D eigenvalue weighted by molar-refractivity contribution is 5.83. The highest BCUT2D eigenvalue weighted by atomic mass is 19.1. The van der Waals surface area contributed by atoms with Gasteiger partial charge in [-0.15, -0.1) is 0 Å². The fourth-order valence-electron chi connectivity index (χ4n) is 2.65. The van der Waals surface area contributed by atoms with Gasteiger partial charge in [-0.25, -0.2) is 4.39 Å². The molecule has 0 aliphatic heterocycles. The maximum atomic E-state index is 13.6. The summed E-state index contributed by atoms with van der Waals surface area (Å²) in [6.07, 6.45) is 3.23. The first-order valence-corrected chi connectivity index (χ1v) is 6.71. The van der Waals surface area contributed by atoms with Crippen molar-refractivity contribution in [3.8, 4) is 0 Å². The average Bonchev–Trinajstić information content (AvgIpc) is 3.22. The molecule has 2 aliphatic rings. The summed E-state index contributed by atoms with van der Waals surface area (Å²) in [6, 6.07) is 7.05. The van der Waals surface area contributed by atoms with E-state index in [0.717, 1.165) is 6.42 Å². The van der Waals surface area contributed by atoms with Crippen LogP contribution >= 0.6 is 0 Å². The summed E-state index contributed by atoms with van der Waals surface area (Å²) in [6.45, 7) is 2.07. The van der Waals surface area contributed by atoms with Gasteiger partial charge in [-0.05, 0) is 49.7 Å². The Morgan fingerprint density at radius 1 is 1.39 bits per heavy atom. The first-order valence-electron chi connectivity index (χ1n) is 6.71. The Kier molecular flexibility index (Phi) is 2.84. The molecule has 0 radical (unpaired) electrons. The molecule has 3 atom stereocenters. The van der Waals surface area contributed by atoms with Crippen LogP contribution in [0.4, 0.5) is 4.39 Å². The van der Waals surface area contributed by atoms with Gasteiger partial charge >= 0.3 is 0 Å². The maximum absolute atomic E-state index is 13.6. The minimum Gasteiger partial charge on any atom is -0.353 e. The van der Waals surface area contributed by atoms with E-state index < -0.39 is 0 Å². The summed E-state index contributed by atoms with van der Waals surface area (Å²) in [5.74, 6) is 0.635. The molecule has 18 heavy (non-hydrogen) atoms. The molecule has 96 valence electrons. The Morgan fingerprint density at radius 3 is 2.78 bits per heavy atom. The van der Waals surface area contributed by atoms with E-state index in [9.17, 15) is 9.18 Å². The van der Waals surface area contributed by atoms with Gasteiger partial charge in [-0.1, -0.05) is 18.2 Å². The van der Waals surface area contributed by atoms with Crippen molar-refractivity contribution >= 4 is 5.91 Å². The molecule has 1 N–H and O–H groups in total. The average molecular weight is 247 g/mol. The van der Waals surface area contributed by atoms with Gasteiger partial charge in [0.2, 0.25) is 5.91 Å². The second kappa shape index (κ2) is 4.38. The van der Waals surface area contributed by atoms with Gasteiger partial charge in [-0.3, -0.25) is 4.79 Å². The molecular formula is C15H18FNO. The fraction of sp³-hybridized carbons (Fsp3) is 0.533. The molecular weight excluding hydrogens is 229 g/mol. The zero-order chi connectivity index (χ0) is 12.7. The molecule has 2 saturated carbocycles. The van der Waals surface area contributed by atoms with Crippen molar-refractivity contribution in [1.82, 2.24) is 5.32 Å². The predicted molar refractivity (Wildman–Crippen MR) is 67.6 cm³/mol. The minimum atomic E-state index is -0.187. The summed E-state index contributed by atoms with van der Waals surface area (Å²) in [5.41, 5.74) is 0.691. The van der Waals surface area contributed by atoms with Crippen molar-refractivity contribution in [2.24, 2.45) is 11.8 Å². The fourth-order valence-corrected chi connectivity index (χ4v) is 2.65. The van der Waals surface area contributed by atoms with Crippen molar-refractivity contribution < 1.29 is 9.18 Å². The molecule has 1 aromatic carbocycles. The summed E-state index contributed by atoms with van der Waals surface area (Å²) in [5, 5.41) is 3.06. The van der Waals surface area contributed by atoms with E-state index in [0.29, 0.717) is 11.5 Å². The molecule has 2 nitrogen and oxygen atoms in total. The lowest BCUT2D eigenvalue weighted by atomic mass is 10.1. The minimum absolute atomic E-state index is 0.0249. The van der Waals surface area contributed by atoms with Gasteiger partial charge < -0.3 is 5.32 Å². The van der Waals surface area contributed by atoms with Crippen molar-refractivity contribution in [3.05, 3.63) is 35.6 Å². The molecule has 2 fully saturated rings. The SMILES string of the molecule is CC(NC(=O)C1CC1c1ccccc1F)C1CC1. The van der Waals surface area contributed by atoms with Crippen LogP contribution in [0, 0.1) is 17.7 Å². The van der Waals surface area contributed by atoms with Gasteiger partial charge in [0.25, 0.3) is 0 Å². The Morgan fingerprint density at radius 2 is 2.11 bits per heavy atom. The van der Waals surface area contributed by atoms with E-state index in [1.807, 2.05) is 6.07 Å². The van der Waals surface area contributed by atoms with Crippen molar-refractivity contribution in [1.29, 1.82) is 0 Å². The summed E-state index contributed by atoms with van der Waals surface area (Å²) in [7, 11) is 0. The van der Waals surface area contributed by atoms with Gasteiger partial charge in [0.1, 0.15) is 5.82 Å². The predicted octanol–water partition coefficient (Wildman–Crippen LogP) is 2.84. The van der Waals surface area contributed by atoms with Crippen LogP contribution < -0.4 is 5.32 Å².